The van der Waals surface area contributed by atoms with Crippen LogP contribution in [0.3, 0.4) is 0 Å². The van der Waals surface area contributed by atoms with Crippen molar-refractivity contribution >= 4 is 23.4 Å². The van der Waals surface area contributed by atoms with Crippen LogP contribution in [0.5, 0.6) is 0 Å². The zero-order valence-corrected chi connectivity index (χ0v) is 11.9. The van der Waals surface area contributed by atoms with E-state index in [1.54, 1.807) is 13.8 Å². The Kier molecular flexibility index (Phi) is 4.06. The molecular weight excluding hydrogens is 252 g/mol. The van der Waals surface area contributed by atoms with Crippen molar-refractivity contribution in [1.29, 1.82) is 0 Å². The lowest BCUT2D eigenvalue weighted by Crippen LogP contribution is -2.16. The third kappa shape index (κ3) is 3.18. The summed E-state index contributed by atoms with van der Waals surface area (Å²) in [7, 11) is 0. The Morgan fingerprint density at radius 1 is 1.29 bits per heavy atom. The molecule has 1 fully saturated rings. The molecule has 1 saturated heterocycles. The minimum absolute atomic E-state index is 0.597. The van der Waals surface area contributed by atoms with Crippen LogP contribution in [0.1, 0.15) is 43.7 Å². The van der Waals surface area contributed by atoms with E-state index < -0.39 is 5.60 Å². The minimum Gasteiger partial charge on any atom is -0.386 e. The van der Waals surface area contributed by atoms with Crippen LogP contribution in [-0.4, -0.2) is 16.6 Å². The van der Waals surface area contributed by atoms with Gasteiger partial charge in [0.05, 0.1) is 5.60 Å². The maximum absolute atomic E-state index is 9.95. The van der Waals surface area contributed by atoms with Crippen molar-refractivity contribution in [2.75, 3.05) is 11.5 Å². The van der Waals surface area contributed by atoms with Crippen LogP contribution < -0.4 is 0 Å². The van der Waals surface area contributed by atoms with Gasteiger partial charge in [0.1, 0.15) is 0 Å². The summed E-state index contributed by atoms with van der Waals surface area (Å²) >= 11 is 8.37. The maximum atomic E-state index is 9.95. The Morgan fingerprint density at radius 3 is 2.47 bits per heavy atom. The van der Waals surface area contributed by atoms with E-state index in [1.165, 1.54) is 29.9 Å². The second-order valence-electron chi connectivity index (χ2n) is 5.18. The number of thioether (sulfide) groups is 1. The molecule has 1 N–H and O–H groups in total. The molecule has 0 radical (unpaired) electrons. The number of halogens is 1. The van der Waals surface area contributed by atoms with E-state index in [1.807, 2.05) is 23.9 Å². The van der Waals surface area contributed by atoms with E-state index in [9.17, 15) is 5.11 Å². The molecule has 0 unspecified atom stereocenters. The highest BCUT2D eigenvalue weighted by molar-refractivity contribution is 7.99. The highest BCUT2D eigenvalue weighted by Gasteiger charge is 2.21. The summed E-state index contributed by atoms with van der Waals surface area (Å²) in [4.78, 5) is 0. The molecule has 17 heavy (non-hydrogen) atoms. The number of hydrogen-bond acceptors (Lipinski definition) is 2. The largest absolute Gasteiger partial charge is 0.386 e. The molecule has 0 amide bonds. The Hall–Kier alpha value is -0.180. The number of hydrogen-bond donors (Lipinski definition) is 1. The first-order valence-corrected chi connectivity index (χ1v) is 7.62. The summed E-state index contributed by atoms with van der Waals surface area (Å²) in [5.74, 6) is 3.06. The maximum Gasteiger partial charge on any atom is 0.0841 e. The van der Waals surface area contributed by atoms with Crippen LogP contribution >= 0.6 is 23.4 Å². The number of benzene rings is 1. The standard InChI is InChI=1S/C14H19ClOS/c1-14(2,16)11-3-4-12(13(15)9-11)10-5-7-17-8-6-10/h3-4,9-10,16H,5-8H2,1-2H3. The van der Waals surface area contributed by atoms with Crippen molar-refractivity contribution in [3.8, 4) is 0 Å². The summed E-state index contributed by atoms with van der Waals surface area (Å²) in [6.07, 6.45) is 2.43. The van der Waals surface area contributed by atoms with Gasteiger partial charge in [-0.3, -0.25) is 0 Å². The van der Waals surface area contributed by atoms with E-state index in [0.717, 1.165) is 10.6 Å². The highest BCUT2D eigenvalue weighted by Crippen LogP contribution is 2.36. The van der Waals surface area contributed by atoms with Crippen LogP contribution in [0.2, 0.25) is 5.02 Å². The molecule has 0 aromatic heterocycles. The topological polar surface area (TPSA) is 20.2 Å². The molecule has 0 saturated carbocycles. The summed E-state index contributed by atoms with van der Waals surface area (Å²) in [5, 5.41) is 10.8. The monoisotopic (exact) mass is 270 g/mol. The van der Waals surface area contributed by atoms with Gasteiger partial charge in [-0.15, -0.1) is 0 Å². The van der Waals surface area contributed by atoms with Crippen molar-refractivity contribution in [1.82, 2.24) is 0 Å². The van der Waals surface area contributed by atoms with Crippen molar-refractivity contribution < 1.29 is 5.11 Å². The molecule has 1 aliphatic heterocycles. The second-order valence-corrected chi connectivity index (χ2v) is 6.81. The smallest absolute Gasteiger partial charge is 0.0841 e. The van der Waals surface area contributed by atoms with Crippen LogP contribution in [0.25, 0.3) is 0 Å². The van der Waals surface area contributed by atoms with E-state index in [-0.39, 0.29) is 0 Å². The first kappa shape index (κ1) is 13.3. The van der Waals surface area contributed by atoms with Crippen LogP contribution in [0.4, 0.5) is 0 Å². The molecule has 0 atom stereocenters. The van der Waals surface area contributed by atoms with Crippen molar-refractivity contribution in [2.45, 2.75) is 38.2 Å². The van der Waals surface area contributed by atoms with Gasteiger partial charge in [0.2, 0.25) is 0 Å². The van der Waals surface area contributed by atoms with Crippen LogP contribution in [0, 0.1) is 0 Å². The third-order valence-electron chi connectivity index (χ3n) is 3.37. The molecule has 0 aliphatic carbocycles. The molecule has 2 rings (SSSR count). The van der Waals surface area contributed by atoms with Gasteiger partial charge >= 0.3 is 0 Å². The lowest BCUT2D eigenvalue weighted by Gasteiger charge is -2.24. The quantitative estimate of drug-likeness (QED) is 0.870. The molecule has 1 nitrogen and oxygen atoms in total. The normalized spacial score (nSPS) is 18.4. The lowest BCUT2D eigenvalue weighted by molar-refractivity contribution is 0.0786. The molecule has 0 spiro atoms. The minimum atomic E-state index is -0.815. The zero-order chi connectivity index (χ0) is 12.5. The first-order valence-electron chi connectivity index (χ1n) is 6.08. The van der Waals surface area contributed by atoms with Gasteiger partial charge in [-0.1, -0.05) is 23.7 Å². The molecule has 1 aromatic rings. The zero-order valence-electron chi connectivity index (χ0n) is 10.4. The molecular formula is C14H19ClOS. The number of aliphatic hydroxyl groups is 1. The molecule has 3 heteroatoms. The summed E-state index contributed by atoms with van der Waals surface area (Å²) in [5.41, 5.74) is 1.32. The average Bonchev–Trinajstić information content (AvgIpc) is 2.29. The van der Waals surface area contributed by atoms with Gasteiger partial charge < -0.3 is 5.11 Å². The summed E-state index contributed by atoms with van der Waals surface area (Å²) in [6, 6.07) is 6.01. The Morgan fingerprint density at radius 2 is 1.94 bits per heavy atom. The van der Waals surface area contributed by atoms with Gasteiger partial charge in [0, 0.05) is 5.02 Å². The second kappa shape index (κ2) is 5.21. The predicted molar refractivity (Wildman–Crippen MR) is 76.0 cm³/mol. The van der Waals surface area contributed by atoms with E-state index in [0.29, 0.717) is 5.92 Å². The molecule has 1 aliphatic rings. The predicted octanol–water partition coefficient (Wildman–Crippen LogP) is 4.18. The summed E-state index contributed by atoms with van der Waals surface area (Å²) in [6.45, 7) is 3.57. The van der Waals surface area contributed by atoms with Gasteiger partial charge in [-0.05, 0) is 61.3 Å². The highest BCUT2D eigenvalue weighted by atomic mass is 35.5. The third-order valence-corrected chi connectivity index (χ3v) is 4.74. The first-order chi connectivity index (χ1) is 7.98. The average molecular weight is 271 g/mol. The van der Waals surface area contributed by atoms with E-state index in [2.05, 4.69) is 6.07 Å². The van der Waals surface area contributed by atoms with Crippen LogP contribution in [-0.2, 0) is 5.60 Å². The summed E-state index contributed by atoms with van der Waals surface area (Å²) < 4.78 is 0. The molecule has 1 aromatic carbocycles. The van der Waals surface area contributed by atoms with Crippen LogP contribution in [0.15, 0.2) is 18.2 Å². The van der Waals surface area contributed by atoms with Gasteiger partial charge in [-0.25, -0.2) is 0 Å². The van der Waals surface area contributed by atoms with Crippen molar-refractivity contribution in [2.24, 2.45) is 0 Å². The Labute approximate surface area is 113 Å². The van der Waals surface area contributed by atoms with Crippen molar-refractivity contribution in [3.05, 3.63) is 34.3 Å². The molecule has 0 bridgehead atoms. The van der Waals surface area contributed by atoms with E-state index in [4.69, 9.17) is 11.6 Å². The Bertz CT molecular complexity index is 392. The van der Waals surface area contributed by atoms with E-state index >= 15 is 0 Å². The van der Waals surface area contributed by atoms with Crippen molar-refractivity contribution in [3.63, 3.8) is 0 Å². The molecule has 94 valence electrons. The van der Waals surface area contributed by atoms with Gasteiger partial charge in [0.25, 0.3) is 0 Å². The lowest BCUT2D eigenvalue weighted by atomic mass is 9.90. The van der Waals surface area contributed by atoms with Gasteiger partial charge in [-0.2, -0.15) is 11.8 Å². The fourth-order valence-corrected chi connectivity index (χ4v) is 3.69. The number of rotatable bonds is 2. The fourth-order valence-electron chi connectivity index (χ4n) is 2.25. The SMILES string of the molecule is CC(C)(O)c1ccc(C2CCSCC2)c(Cl)c1. The molecule has 1 heterocycles. The Balaban J connectivity index is 2.25. The fraction of sp³-hybridized carbons (Fsp3) is 0.571. The van der Waals surface area contributed by atoms with Gasteiger partial charge in [0.15, 0.2) is 0 Å².